The highest BCUT2D eigenvalue weighted by Crippen LogP contribution is 2.50. The number of rotatable bonds is 11. The van der Waals surface area contributed by atoms with E-state index < -0.39 is 0 Å². The van der Waals surface area contributed by atoms with Crippen molar-refractivity contribution in [1.82, 2.24) is 54.9 Å². The van der Waals surface area contributed by atoms with Crippen LogP contribution in [0.3, 0.4) is 0 Å². The number of nitrogens with one attached hydrogen (secondary N) is 2. The number of ether oxygens (including phenoxy) is 9. The number of piperidine rings is 1. The zero-order valence-electron chi connectivity index (χ0n) is 52.2. The lowest BCUT2D eigenvalue weighted by atomic mass is 9.98. The molecule has 24 heteroatoms. The Hall–Kier alpha value is -9.36. The second-order valence-electron chi connectivity index (χ2n) is 23.5. The SMILES string of the molecule is C.C.C1CCN(C2COC2)CC1.COc1cc2c(cc1-c1c(C)noc1C)[nH]c1nc(C)nc(-c3ccc(C(=O)N4CCN(C5COC5)CC4)c4c3OCCO4)c12.COc1cc2c(cc1-c1c(C)noc1C)[nH]c1nc(C)nc(-c3ccc(OC=O)c4c3OCCO4)c12. The van der Waals surface area contributed by atoms with Crippen molar-refractivity contribution in [3.8, 4) is 85.0 Å². The van der Waals surface area contributed by atoms with Crippen LogP contribution in [0.25, 0.3) is 88.6 Å². The molecule has 0 spiro atoms. The van der Waals surface area contributed by atoms with Crippen LogP contribution in [0.2, 0.25) is 0 Å². The minimum absolute atomic E-state index is 0. The van der Waals surface area contributed by atoms with Crippen molar-refractivity contribution in [3.05, 3.63) is 88.7 Å². The molecule has 0 radical (unpaired) electrons. The molecule has 10 aromatic rings. The van der Waals surface area contributed by atoms with E-state index in [0.717, 1.165) is 117 Å². The molecule has 6 aliphatic rings. The van der Waals surface area contributed by atoms with Crippen LogP contribution in [0.15, 0.2) is 57.6 Å². The molecule has 1 amide bonds. The summed E-state index contributed by atoms with van der Waals surface area (Å²) in [6.07, 6.45) is 4.23. The molecule has 0 unspecified atom stereocenters. The summed E-state index contributed by atoms with van der Waals surface area (Å²) in [7, 11) is 3.28. The van der Waals surface area contributed by atoms with Crippen LogP contribution in [-0.2, 0) is 14.3 Å². The molecule has 6 aromatic heterocycles. The highest BCUT2D eigenvalue weighted by molar-refractivity contribution is 6.16. The number of hydrogen-bond acceptors (Lipinski definition) is 21. The van der Waals surface area contributed by atoms with E-state index in [9.17, 15) is 9.59 Å². The summed E-state index contributed by atoms with van der Waals surface area (Å²) < 4.78 is 62.3. The van der Waals surface area contributed by atoms with Crippen molar-refractivity contribution in [2.75, 3.05) is 106 Å². The van der Waals surface area contributed by atoms with Gasteiger partial charge in [0.1, 0.15) is 72.4 Å². The first-order valence-electron chi connectivity index (χ1n) is 30.9. The topological polar surface area (TPSA) is 262 Å². The van der Waals surface area contributed by atoms with Crippen LogP contribution in [0, 0.1) is 41.5 Å². The molecule has 2 N–H and O–H groups in total. The van der Waals surface area contributed by atoms with Gasteiger partial charge in [0, 0.05) is 70.2 Å². The number of carbonyl (C=O) groups excluding carboxylic acids is 2. The molecular weight excluding hydrogens is 1190 g/mol. The molecule has 12 heterocycles. The Balaban J connectivity index is 0.000000155. The molecule has 93 heavy (non-hydrogen) atoms. The van der Waals surface area contributed by atoms with Gasteiger partial charge in [-0.1, -0.05) is 31.6 Å². The molecule has 0 aliphatic carbocycles. The van der Waals surface area contributed by atoms with Gasteiger partial charge in [-0.3, -0.25) is 19.4 Å². The first-order chi connectivity index (χ1) is 44.4. The number of aromatic nitrogens is 8. The second-order valence-corrected chi connectivity index (χ2v) is 23.5. The minimum atomic E-state index is -0.0551. The summed E-state index contributed by atoms with van der Waals surface area (Å²) in [5, 5.41) is 11.6. The third kappa shape index (κ3) is 11.8. The van der Waals surface area contributed by atoms with E-state index >= 15 is 0 Å². The summed E-state index contributed by atoms with van der Waals surface area (Å²) in [6, 6.07) is 16.5. The van der Waals surface area contributed by atoms with Crippen molar-refractivity contribution in [2.45, 2.75) is 87.7 Å². The number of methoxy groups -OCH3 is 2. The maximum atomic E-state index is 13.8. The van der Waals surface area contributed by atoms with Crippen LogP contribution in [0.1, 0.15) is 79.0 Å². The molecule has 488 valence electrons. The number of fused-ring (bicyclic) bond motifs is 8. The lowest BCUT2D eigenvalue weighted by Gasteiger charge is -2.42. The number of aromatic amines is 2. The van der Waals surface area contributed by atoms with Gasteiger partial charge in [0.2, 0.25) is 5.75 Å². The van der Waals surface area contributed by atoms with Crippen molar-refractivity contribution >= 4 is 56.3 Å². The van der Waals surface area contributed by atoms with Gasteiger partial charge < -0.3 is 66.5 Å². The van der Waals surface area contributed by atoms with Gasteiger partial charge in [-0.2, -0.15) is 0 Å². The molecule has 4 aromatic carbocycles. The van der Waals surface area contributed by atoms with Crippen molar-refractivity contribution in [1.29, 1.82) is 0 Å². The first-order valence-corrected chi connectivity index (χ1v) is 30.9. The number of likely N-dealkylation sites (tertiary alicyclic amines) is 1. The normalized spacial score (nSPS) is 16.5. The number of aryl methyl sites for hydroxylation is 6. The Labute approximate surface area is 538 Å². The van der Waals surface area contributed by atoms with E-state index in [1.165, 1.54) is 32.4 Å². The number of H-pyrrole nitrogens is 2. The van der Waals surface area contributed by atoms with E-state index in [-0.39, 0.29) is 26.5 Å². The molecule has 4 fully saturated rings. The van der Waals surface area contributed by atoms with Gasteiger partial charge in [0.15, 0.2) is 23.0 Å². The maximum Gasteiger partial charge on any atom is 0.298 e. The van der Waals surface area contributed by atoms with Crippen molar-refractivity contribution in [3.63, 3.8) is 0 Å². The lowest BCUT2D eigenvalue weighted by molar-refractivity contribution is -0.120. The van der Waals surface area contributed by atoms with Gasteiger partial charge in [0.05, 0.1) is 103 Å². The van der Waals surface area contributed by atoms with E-state index in [0.29, 0.717) is 144 Å². The minimum Gasteiger partial charge on any atom is -0.496 e. The van der Waals surface area contributed by atoms with Crippen LogP contribution in [0.4, 0.5) is 0 Å². The molecule has 0 atom stereocenters. The fourth-order valence-corrected chi connectivity index (χ4v) is 13.3. The summed E-state index contributed by atoms with van der Waals surface area (Å²) in [4.78, 5) is 57.7. The van der Waals surface area contributed by atoms with Crippen LogP contribution in [0.5, 0.6) is 40.2 Å². The molecular formula is C69H79N11O13. The van der Waals surface area contributed by atoms with Gasteiger partial charge in [-0.05, 0) is 116 Å². The van der Waals surface area contributed by atoms with Crippen LogP contribution in [-0.4, -0.2) is 186 Å². The first kappa shape index (κ1) is 63.8. The summed E-state index contributed by atoms with van der Waals surface area (Å²) >= 11 is 0. The van der Waals surface area contributed by atoms with E-state index in [2.05, 4.69) is 35.1 Å². The largest absolute Gasteiger partial charge is 0.496 e. The van der Waals surface area contributed by atoms with Gasteiger partial charge >= 0.3 is 0 Å². The van der Waals surface area contributed by atoms with E-state index in [4.69, 9.17) is 66.6 Å². The Bertz CT molecular complexity index is 4400. The Kier molecular flexibility index (Phi) is 18.3. The number of benzene rings is 4. The molecule has 6 aliphatic heterocycles. The summed E-state index contributed by atoms with van der Waals surface area (Å²) in [5.41, 5.74) is 11.5. The molecule has 0 saturated carbocycles. The average Bonchev–Trinajstić information content (AvgIpc) is 1.62. The third-order valence-electron chi connectivity index (χ3n) is 17.9. The quantitative estimate of drug-likeness (QED) is 0.114. The monoisotopic (exact) mass is 1270 g/mol. The average molecular weight is 1270 g/mol. The number of carbonyl (C=O) groups is 2. The second kappa shape index (κ2) is 26.7. The molecule has 4 saturated heterocycles. The smallest absolute Gasteiger partial charge is 0.298 e. The molecule has 16 rings (SSSR count). The van der Waals surface area contributed by atoms with Gasteiger partial charge in [0.25, 0.3) is 12.4 Å². The number of amides is 1. The third-order valence-corrected chi connectivity index (χ3v) is 17.9. The van der Waals surface area contributed by atoms with E-state index in [1.807, 2.05) is 88.9 Å². The standard InChI is InChI=1S/C33H34N6O6.C26H22N4O6.C8H15NO.2CH4/c1-17-27(18(2)45-37-17)24-13-25-23(14-26(24)41-4)28-29(34-19(3)35-32(28)36-25)21-5-6-22(31-30(21)43-11-12-44-31)33(40)39-9-7-38(8-10-39)20-15-42-16-20;1-12-21(13(2)36-30-12)17-9-18-16(10-20(17)32-4)22-23(27-14(3)28-26(22)29-18)15-5-6-19(35-11-31)25-24(15)33-7-8-34-25;1-2-4-9(5-3-1)8-6-10-7-8;;/h5-6,13-14,20H,7-12,15-16H2,1-4H3,(H,34,35,36);5-6,9-11H,7-8H2,1-4H3,(H,27,28,29);8H,1-7H2;2*1H4. The van der Waals surface area contributed by atoms with Crippen molar-refractivity contribution < 1.29 is 61.3 Å². The fourth-order valence-electron chi connectivity index (χ4n) is 13.3. The van der Waals surface area contributed by atoms with Gasteiger partial charge in [-0.15, -0.1) is 0 Å². The van der Waals surface area contributed by atoms with E-state index in [1.54, 1.807) is 20.3 Å². The summed E-state index contributed by atoms with van der Waals surface area (Å²) in [5.74, 6) is 5.99. The highest BCUT2D eigenvalue weighted by atomic mass is 16.6. The number of piperazine rings is 1. The predicted molar refractivity (Wildman–Crippen MR) is 350 cm³/mol. The number of hydrogen-bond donors (Lipinski definition) is 2. The fraction of sp³-hybridized carbons (Fsp3) is 0.420. The van der Waals surface area contributed by atoms with Crippen LogP contribution >= 0.6 is 0 Å². The van der Waals surface area contributed by atoms with Crippen LogP contribution < -0.4 is 33.2 Å². The molecule has 24 nitrogen and oxygen atoms in total. The van der Waals surface area contributed by atoms with Crippen molar-refractivity contribution in [2.24, 2.45) is 0 Å². The predicted octanol–water partition coefficient (Wildman–Crippen LogP) is 11.1. The Morgan fingerprint density at radius 3 is 1.45 bits per heavy atom. The summed E-state index contributed by atoms with van der Waals surface area (Å²) in [6.45, 7) is 22.2. The molecule has 0 bridgehead atoms. The lowest BCUT2D eigenvalue weighted by Crippen LogP contribution is -2.57. The highest BCUT2D eigenvalue weighted by Gasteiger charge is 2.35. The zero-order valence-corrected chi connectivity index (χ0v) is 52.2. The number of nitrogens with zero attached hydrogens (tertiary/aromatic N) is 9. The maximum absolute atomic E-state index is 13.8. The zero-order chi connectivity index (χ0) is 62.6. The van der Waals surface area contributed by atoms with Gasteiger partial charge in [-0.25, -0.2) is 19.9 Å². The Morgan fingerprint density at radius 2 is 1.00 bits per heavy atom. The Morgan fingerprint density at radius 1 is 0.538 bits per heavy atom.